The highest BCUT2D eigenvalue weighted by Gasteiger charge is 2.50. The van der Waals surface area contributed by atoms with Gasteiger partial charge in [-0.1, -0.05) is 118 Å². The van der Waals surface area contributed by atoms with Gasteiger partial charge in [0.05, 0.1) is 24.5 Å². The Morgan fingerprint density at radius 2 is 1.41 bits per heavy atom. The van der Waals surface area contributed by atoms with Crippen molar-refractivity contribution in [1.82, 2.24) is 0 Å². The Kier molecular flexibility index (Phi) is 9.88. The first-order valence-corrected chi connectivity index (χ1v) is 14.7. The molecule has 0 fully saturated rings. The lowest BCUT2D eigenvalue weighted by atomic mass is 9.86. The van der Waals surface area contributed by atoms with E-state index in [9.17, 15) is 9.90 Å². The van der Waals surface area contributed by atoms with Crippen LogP contribution < -0.4 is 10.4 Å². The minimum Gasteiger partial charge on any atom is -0.481 e. The van der Waals surface area contributed by atoms with Crippen LogP contribution in [-0.4, -0.2) is 32.1 Å². The molecule has 0 saturated carbocycles. The van der Waals surface area contributed by atoms with Crippen molar-refractivity contribution < 1.29 is 19.1 Å². The highest BCUT2D eigenvalue weighted by Crippen LogP contribution is 2.37. The molecule has 0 amide bonds. The van der Waals surface area contributed by atoms with Gasteiger partial charge in [-0.25, -0.2) is 0 Å². The molecule has 3 atom stereocenters. The molecule has 0 spiro atoms. The first-order valence-electron chi connectivity index (χ1n) is 12.8. The second kappa shape index (κ2) is 12.9. The van der Waals surface area contributed by atoms with E-state index in [2.05, 4.69) is 51.0 Å². The highest BCUT2D eigenvalue weighted by molar-refractivity contribution is 6.99. The van der Waals surface area contributed by atoms with Crippen LogP contribution in [0.25, 0.3) is 0 Å². The van der Waals surface area contributed by atoms with Crippen LogP contribution in [0.4, 0.5) is 0 Å². The third-order valence-electron chi connectivity index (χ3n) is 6.97. The molecule has 0 heterocycles. The summed E-state index contributed by atoms with van der Waals surface area (Å²) in [6, 6.07) is 30.5. The largest absolute Gasteiger partial charge is 0.481 e. The normalized spacial score (nSPS) is 14.4. The fraction of sp³-hybridized carbons (Fsp3) is 0.344. The van der Waals surface area contributed by atoms with Gasteiger partial charge in [-0.3, -0.25) is 4.79 Å². The zero-order valence-electron chi connectivity index (χ0n) is 22.3. The minimum atomic E-state index is -2.76. The van der Waals surface area contributed by atoms with Crippen molar-refractivity contribution in [3.8, 4) is 12.3 Å². The summed E-state index contributed by atoms with van der Waals surface area (Å²) in [6.45, 7) is 9.14. The predicted octanol–water partition coefficient (Wildman–Crippen LogP) is 5.51. The molecule has 0 saturated heterocycles. The summed E-state index contributed by atoms with van der Waals surface area (Å²) >= 11 is 0. The number of hydrogen-bond acceptors (Lipinski definition) is 3. The SMILES string of the molecule is C#C[C@@H]([C@@H](C)OCc1ccccc1)[C@@H](CCO[Si](c1ccccc1)(c1ccccc1)C(C)(C)C)C(=O)O. The average Bonchev–Trinajstić information content (AvgIpc) is 2.90. The molecular formula is C32H38O4Si. The lowest BCUT2D eigenvalue weighted by Crippen LogP contribution is -2.66. The van der Waals surface area contributed by atoms with Crippen LogP contribution in [0.3, 0.4) is 0 Å². The van der Waals surface area contributed by atoms with Crippen LogP contribution in [0, 0.1) is 24.2 Å². The molecule has 0 aliphatic heterocycles. The summed E-state index contributed by atoms with van der Waals surface area (Å²) < 4.78 is 12.9. The summed E-state index contributed by atoms with van der Waals surface area (Å²) in [5.74, 6) is 0.421. The van der Waals surface area contributed by atoms with Gasteiger partial charge in [-0.05, 0) is 34.3 Å². The van der Waals surface area contributed by atoms with Crippen molar-refractivity contribution >= 4 is 24.7 Å². The fourth-order valence-electron chi connectivity index (χ4n) is 5.04. The molecular weight excluding hydrogens is 476 g/mol. The maximum Gasteiger partial charge on any atom is 0.307 e. The molecule has 0 unspecified atom stereocenters. The molecule has 3 aromatic carbocycles. The molecule has 0 bridgehead atoms. The molecule has 1 N–H and O–H groups in total. The Labute approximate surface area is 222 Å². The fourth-order valence-corrected chi connectivity index (χ4v) is 9.62. The second-order valence-corrected chi connectivity index (χ2v) is 14.7. The lowest BCUT2D eigenvalue weighted by Gasteiger charge is -2.43. The van der Waals surface area contributed by atoms with Gasteiger partial charge in [0.25, 0.3) is 8.32 Å². The summed E-state index contributed by atoms with van der Waals surface area (Å²) in [4.78, 5) is 12.4. The van der Waals surface area contributed by atoms with E-state index < -0.39 is 32.2 Å². The third kappa shape index (κ3) is 6.78. The number of carboxylic acids is 1. The van der Waals surface area contributed by atoms with Gasteiger partial charge >= 0.3 is 5.97 Å². The van der Waals surface area contributed by atoms with Crippen molar-refractivity contribution in [2.75, 3.05) is 6.61 Å². The van der Waals surface area contributed by atoms with Crippen LogP contribution in [0.15, 0.2) is 91.0 Å². The van der Waals surface area contributed by atoms with E-state index in [1.54, 1.807) is 0 Å². The summed E-state index contributed by atoms with van der Waals surface area (Å²) in [7, 11) is -2.76. The maximum absolute atomic E-state index is 12.4. The Morgan fingerprint density at radius 1 is 0.919 bits per heavy atom. The summed E-state index contributed by atoms with van der Waals surface area (Å²) in [5.41, 5.74) is 1.02. The minimum absolute atomic E-state index is 0.188. The van der Waals surface area contributed by atoms with Gasteiger partial charge in [0.2, 0.25) is 0 Å². The number of carboxylic acid groups (broad SMARTS) is 1. The number of rotatable bonds is 12. The van der Waals surface area contributed by atoms with Crippen LogP contribution in [-0.2, 0) is 20.6 Å². The van der Waals surface area contributed by atoms with Gasteiger partial charge in [-0.15, -0.1) is 6.42 Å². The molecule has 0 aromatic heterocycles. The highest BCUT2D eigenvalue weighted by atomic mass is 28.4. The molecule has 0 aliphatic carbocycles. The quantitative estimate of drug-likeness (QED) is 0.256. The van der Waals surface area contributed by atoms with Crippen molar-refractivity contribution in [3.63, 3.8) is 0 Å². The molecule has 194 valence electrons. The number of benzene rings is 3. The lowest BCUT2D eigenvalue weighted by molar-refractivity contribution is -0.145. The predicted molar refractivity (Wildman–Crippen MR) is 152 cm³/mol. The van der Waals surface area contributed by atoms with Crippen molar-refractivity contribution in [2.45, 2.75) is 51.9 Å². The maximum atomic E-state index is 12.4. The zero-order chi connectivity index (χ0) is 26.9. The average molecular weight is 515 g/mol. The van der Waals surface area contributed by atoms with Gasteiger partial charge < -0.3 is 14.3 Å². The number of carbonyl (C=O) groups is 1. The van der Waals surface area contributed by atoms with E-state index in [1.807, 2.05) is 73.7 Å². The molecule has 4 nitrogen and oxygen atoms in total. The number of aliphatic carboxylic acids is 1. The molecule has 0 radical (unpaired) electrons. The van der Waals surface area contributed by atoms with Crippen LogP contribution in [0.2, 0.25) is 5.04 Å². The van der Waals surface area contributed by atoms with Crippen molar-refractivity contribution in [1.29, 1.82) is 0 Å². The van der Waals surface area contributed by atoms with Crippen LogP contribution in [0.1, 0.15) is 39.7 Å². The van der Waals surface area contributed by atoms with Crippen molar-refractivity contribution in [3.05, 3.63) is 96.6 Å². The van der Waals surface area contributed by atoms with E-state index in [-0.39, 0.29) is 11.6 Å². The number of ether oxygens (including phenoxy) is 1. The monoisotopic (exact) mass is 514 g/mol. The van der Waals surface area contributed by atoms with Gasteiger partial charge in [0.1, 0.15) is 0 Å². The summed E-state index contributed by atoms with van der Waals surface area (Å²) in [6.07, 6.45) is 5.75. The zero-order valence-corrected chi connectivity index (χ0v) is 23.3. The number of terminal acetylenes is 1. The Hall–Kier alpha value is -3.17. The van der Waals surface area contributed by atoms with Gasteiger partial charge in [0.15, 0.2) is 0 Å². The smallest absolute Gasteiger partial charge is 0.307 e. The van der Waals surface area contributed by atoms with E-state index >= 15 is 0 Å². The van der Waals surface area contributed by atoms with Crippen molar-refractivity contribution in [2.24, 2.45) is 11.8 Å². The Bertz CT molecular complexity index is 1110. The molecule has 5 heteroatoms. The summed E-state index contributed by atoms with van der Waals surface area (Å²) in [5, 5.41) is 12.3. The molecule has 37 heavy (non-hydrogen) atoms. The van der Waals surface area contributed by atoms with E-state index in [0.29, 0.717) is 13.0 Å². The molecule has 0 aliphatic rings. The Morgan fingerprint density at radius 3 is 1.84 bits per heavy atom. The topological polar surface area (TPSA) is 55.8 Å². The standard InChI is InChI=1S/C32H38O4Si/c1-6-29(25(2)35-24-26-16-10-7-11-17-26)30(31(33)34)22-23-36-37(32(3,4)5,27-18-12-8-13-19-27)28-20-14-9-15-21-28/h1,7-21,25,29-30H,22-24H2,2-5H3,(H,33,34)/t25-,29+,30-/m1/s1. The number of hydrogen-bond donors (Lipinski definition) is 1. The molecule has 3 aromatic rings. The van der Waals surface area contributed by atoms with E-state index in [4.69, 9.17) is 15.6 Å². The first-order chi connectivity index (χ1) is 17.7. The van der Waals surface area contributed by atoms with Gasteiger partial charge in [0, 0.05) is 6.61 Å². The Balaban J connectivity index is 1.83. The van der Waals surface area contributed by atoms with Crippen LogP contribution >= 0.6 is 0 Å². The molecule has 3 rings (SSSR count). The van der Waals surface area contributed by atoms with Crippen LogP contribution in [0.5, 0.6) is 0 Å². The van der Waals surface area contributed by atoms with Gasteiger partial charge in [-0.2, -0.15) is 0 Å². The third-order valence-corrected chi connectivity index (χ3v) is 12.0. The van der Waals surface area contributed by atoms with E-state index in [0.717, 1.165) is 15.9 Å². The first kappa shape index (κ1) is 28.4. The van der Waals surface area contributed by atoms with E-state index in [1.165, 1.54) is 0 Å². The second-order valence-electron chi connectivity index (χ2n) is 10.4.